The van der Waals surface area contributed by atoms with Crippen molar-refractivity contribution in [3.8, 4) is 17.6 Å². The lowest BCUT2D eigenvalue weighted by Crippen LogP contribution is -2.54. The van der Waals surface area contributed by atoms with Crippen molar-refractivity contribution in [3.63, 3.8) is 0 Å². The zero-order valence-electron chi connectivity index (χ0n) is 23.6. The molecule has 3 aliphatic rings. The Kier molecular flexibility index (Phi) is 6.99. The van der Waals surface area contributed by atoms with E-state index in [4.69, 9.17) is 24.2 Å². The topological polar surface area (TPSA) is 109 Å². The third-order valence-electron chi connectivity index (χ3n) is 8.39. The Morgan fingerprint density at radius 3 is 2.83 bits per heavy atom. The first-order valence-electron chi connectivity index (χ1n) is 14.0. The molecule has 11 nitrogen and oxygen atoms in total. The number of carbonyl (C=O) groups is 1. The number of hydrogen-bond acceptors (Lipinski definition) is 9. The number of aromatic amines is 1. The first kappa shape index (κ1) is 26.4. The van der Waals surface area contributed by atoms with Crippen molar-refractivity contribution < 1.29 is 19.0 Å². The largest absolute Gasteiger partial charge is 0.478 e. The third kappa shape index (κ3) is 4.72. The molecule has 1 unspecified atom stereocenters. The van der Waals surface area contributed by atoms with E-state index in [1.54, 1.807) is 0 Å². The molecule has 0 bridgehead atoms. The van der Waals surface area contributed by atoms with E-state index in [9.17, 15) is 4.79 Å². The van der Waals surface area contributed by atoms with E-state index < -0.39 is 6.10 Å². The van der Waals surface area contributed by atoms with E-state index in [0.717, 1.165) is 41.4 Å². The quantitative estimate of drug-likeness (QED) is 0.465. The zero-order valence-corrected chi connectivity index (χ0v) is 23.6. The summed E-state index contributed by atoms with van der Waals surface area (Å²) in [6.07, 6.45) is 4.72. The van der Waals surface area contributed by atoms with E-state index in [1.165, 1.54) is 6.08 Å². The minimum Gasteiger partial charge on any atom is -0.478 e. The summed E-state index contributed by atoms with van der Waals surface area (Å²) in [4.78, 5) is 28.2. The summed E-state index contributed by atoms with van der Waals surface area (Å²) < 4.78 is 19.4. The molecule has 3 aromatic rings. The molecule has 0 saturated carbocycles. The van der Waals surface area contributed by atoms with Gasteiger partial charge in [0.1, 0.15) is 12.7 Å². The van der Waals surface area contributed by atoms with Crippen LogP contribution in [0.3, 0.4) is 0 Å². The Morgan fingerprint density at radius 2 is 2.08 bits per heavy atom. The predicted molar refractivity (Wildman–Crippen MR) is 151 cm³/mol. The number of aromatic nitrogens is 4. The molecule has 0 radical (unpaired) electrons. The highest BCUT2D eigenvalue weighted by molar-refractivity contribution is 5.87. The van der Waals surface area contributed by atoms with Gasteiger partial charge in [0.15, 0.2) is 11.9 Å². The van der Waals surface area contributed by atoms with Crippen molar-refractivity contribution >= 4 is 22.6 Å². The van der Waals surface area contributed by atoms with Crippen LogP contribution in [0.4, 0.5) is 5.82 Å². The highest BCUT2D eigenvalue weighted by Gasteiger charge is 2.38. The second-order valence-electron chi connectivity index (χ2n) is 11.1. The lowest BCUT2D eigenvalue weighted by Gasteiger charge is -2.41. The number of likely N-dealkylation sites (N-methyl/N-ethyl adjacent to an activating group) is 1. The van der Waals surface area contributed by atoms with Crippen LogP contribution in [0.1, 0.15) is 43.9 Å². The van der Waals surface area contributed by atoms with E-state index in [0.29, 0.717) is 49.7 Å². The maximum Gasteiger partial charge on any atom is 0.322 e. The molecule has 5 heterocycles. The van der Waals surface area contributed by atoms with Gasteiger partial charge in [-0.3, -0.25) is 9.89 Å². The van der Waals surface area contributed by atoms with Crippen LogP contribution in [0.5, 0.6) is 17.6 Å². The van der Waals surface area contributed by atoms with E-state index >= 15 is 0 Å². The third-order valence-corrected chi connectivity index (χ3v) is 8.39. The number of likely N-dealkylation sites (tertiary alicyclic amines) is 1. The van der Waals surface area contributed by atoms with Crippen molar-refractivity contribution in [2.75, 3.05) is 44.7 Å². The molecule has 212 valence electrons. The van der Waals surface area contributed by atoms with Crippen LogP contribution in [0.2, 0.25) is 0 Å². The first-order chi connectivity index (χ1) is 19.3. The molecule has 6 rings (SSSR count). The van der Waals surface area contributed by atoms with Gasteiger partial charge in [-0.05, 0) is 64.9 Å². The van der Waals surface area contributed by atoms with Crippen molar-refractivity contribution in [1.29, 1.82) is 0 Å². The van der Waals surface area contributed by atoms with Gasteiger partial charge >= 0.3 is 6.01 Å². The normalized spacial score (nSPS) is 24.9. The molecule has 3 aliphatic heterocycles. The molecule has 1 amide bonds. The Labute approximate surface area is 234 Å². The fourth-order valence-electron chi connectivity index (χ4n) is 6.10. The number of carbonyl (C=O) groups excluding carboxylic acids is 1. The molecular weight excluding hydrogens is 510 g/mol. The summed E-state index contributed by atoms with van der Waals surface area (Å²) >= 11 is 0. The number of H-pyrrole nitrogens is 1. The van der Waals surface area contributed by atoms with Gasteiger partial charge in [0.25, 0.3) is 5.88 Å². The van der Waals surface area contributed by atoms with Crippen molar-refractivity contribution in [2.45, 2.75) is 57.9 Å². The number of benzene rings is 1. The van der Waals surface area contributed by atoms with Crippen molar-refractivity contribution in [3.05, 3.63) is 42.1 Å². The van der Waals surface area contributed by atoms with E-state index in [2.05, 4.69) is 46.6 Å². The van der Waals surface area contributed by atoms with Gasteiger partial charge < -0.3 is 28.9 Å². The van der Waals surface area contributed by atoms with Crippen LogP contribution in [0, 0.1) is 6.92 Å². The fraction of sp³-hybridized carbons (Fsp3) is 0.517. The Bertz CT molecular complexity index is 1420. The monoisotopic (exact) mass is 547 g/mol. The summed E-state index contributed by atoms with van der Waals surface area (Å²) in [5, 5.41) is 8.29. The summed E-state index contributed by atoms with van der Waals surface area (Å²) in [5.74, 6) is 1.42. The van der Waals surface area contributed by atoms with Crippen LogP contribution in [-0.2, 0) is 4.79 Å². The van der Waals surface area contributed by atoms with Crippen LogP contribution in [-0.4, -0.2) is 93.9 Å². The number of amides is 1. The van der Waals surface area contributed by atoms with Crippen LogP contribution in [0.25, 0.3) is 10.9 Å². The number of aryl methyl sites for hydroxylation is 1. The number of rotatable bonds is 6. The molecule has 2 aromatic heterocycles. The van der Waals surface area contributed by atoms with Gasteiger partial charge in [0, 0.05) is 42.7 Å². The smallest absolute Gasteiger partial charge is 0.322 e. The van der Waals surface area contributed by atoms with Crippen molar-refractivity contribution in [1.82, 2.24) is 30.0 Å². The molecule has 2 fully saturated rings. The summed E-state index contributed by atoms with van der Waals surface area (Å²) in [5.41, 5.74) is 3.05. The Balaban J connectivity index is 1.35. The standard InChI is InChI=1S/C29H37N7O4/c1-6-23(37)36-13-12-35(15-18(36)3)27-26-28(32-29(31-27)38-16-20-8-7-11-34(20)5)40-25(19(4)39-26)24-17(2)9-10-22-21(24)14-30-33-22/h6,9-10,14,18-20,25H,1,7-8,11-13,15-16H2,2-5H3,(H,30,33)/t18-,19+,20+,25?/m1/s1. The summed E-state index contributed by atoms with van der Waals surface area (Å²) in [7, 11) is 2.12. The summed E-state index contributed by atoms with van der Waals surface area (Å²) in [6.45, 7) is 13.0. The van der Waals surface area contributed by atoms with Crippen LogP contribution in [0.15, 0.2) is 31.0 Å². The lowest BCUT2D eigenvalue weighted by molar-refractivity contribution is -0.128. The molecule has 0 spiro atoms. The van der Waals surface area contributed by atoms with Crippen LogP contribution < -0.4 is 19.1 Å². The van der Waals surface area contributed by atoms with Gasteiger partial charge in [-0.1, -0.05) is 12.6 Å². The van der Waals surface area contributed by atoms with Crippen molar-refractivity contribution in [2.24, 2.45) is 0 Å². The van der Waals surface area contributed by atoms with Gasteiger partial charge in [-0.15, -0.1) is 0 Å². The Hall–Kier alpha value is -3.86. The SMILES string of the molecule is C=CC(=O)N1CCN(c2nc(OC[C@@H]3CCCN3C)nc3c2O[C@@H](C)C(c2c(C)ccc4[nH]ncc24)O3)C[C@H]1C. The average molecular weight is 548 g/mol. The van der Waals surface area contributed by atoms with Gasteiger partial charge in [0.2, 0.25) is 11.7 Å². The van der Waals surface area contributed by atoms with E-state index in [-0.39, 0.29) is 24.1 Å². The Morgan fingerprint density at radius 1 is 1.23 bits per heavy atom. The second kappa shape index (κ2) is 10.6. The zero-order chi connectivity index (χ0) is 28.0. The molecule has 0 aliphatic carbocycles. The van der Waals surface area contributed by atoms with Crippen LogP contribution >= 0.6 is 0 Å². The number of nitrogens with zero attached hydrogens (tertiary/aromatic N) is 6. The molecule has 4 atom stereocenters. The average Bonchev–Trinajstić information content (AvgIpc) is 3.59. The van der Waals surface area contributed by atoms with Gasteiger partial charge in [-0.2, -0.15) is 15.1 Å². The molecule has 40 heavy (non-hydrogen) atoms. The highest BCUT2D eigenvalue weighted by atomic mass is 16.6. The predicted octanol–water partition coefficient (Wildman–Crippen LogP) is 3.26. The molecule has 1 N–H and O–H groups in total. The number of piperazine rings is 1. The molecule has 2 saturated heterocycles. The fourth-order valence-corrected chi connectivity index (χ4v) is 6.10. The lowest BCUT2D eigenvalue weighted by atomic mass is 9.95. The molecular formula is C29H37N7O4. The number of nitrogens with one attached hydrogen (secondary N) is 1. The number of ether oxygens (including phenoxy) is 3. The molecule has 11 heteroatoms. The van der Waals surface area contributed by atoms with Gasteiger partial charge in [-0.25, -0.2) is 0 Å². The second-order valence-corrected chi connectivity index (χ2v) is 11.1. The maximum absolute atomic E-state index is 12.3. The minimum absolute atomic E-state index is 0.0302. The van der Waals surface area contributed by atoms with E-state index in [1.807, 2.05) is 31.0 Å². The first-order valence-corrected chi connectivity index (χ1v) is 14.0. The minimum atomic E-state index is -0.397. The number of anilines is 1. The highest BCUT2D eigenvalue weighted by Crippen LogP contribution is 2.46. The molecule has 1 aromatic carbocycles. The number of hydrogen-bond donors (Lipinski definition) is 1. The number of fused-ring (bicyclic) bond motifs is 2. The summed E-state index contributed by atoms with van der Waals surface area (Å²) in [6, 6.07) is 4.64. The van der Waals surface area contributed by atoms with Gasteiger partial charge in [0.05, 0.1) is 11.7 Å². The maximum atomic E-state index is 12.3.